The molecular formula is C23H23N5O5. The Kier molecular flexibility index (Phi) is 5.79. The number of hydrogen-bond acceptors (Lipinski definition) is 7. The van der Waals surface area contributed by atoms with E-state index in [0.29, 0.717) is 48.6 Å². The van der Waals surface area contributed by atoms with Gasteiger partial charge in [0.2, 0.25) is 11.8 Å². The van der Waals surface area contributed by atoms with Crippen LogP contribution < -0.4 is 24.4 Å². The second kappa shape index (κ2) is 9.19. The molecule has 0 bridgehead atoms. The van der Waals surface area contributed by atoms with Crippen LogP contribution in [0.4, 0.5) is 5.69 Å². The van der Waals surface area contributed by atoms with Gasteiger partial charge in [0.15, 0.2) is 23.1 Å². The average molecular weight is 449 g/mol. The van der Waals surface area contributed by atoms with Crippen molar-refractivity contribution in [1.29, 1.82) is 0 Å². The minimum Gasteiger partial charge on any atom is -0.486 e. The van der Waals surface area contributed by atoms with Gasteiger partial charge in [-0.1, -0.05) is 18.2 Å². The van der Waals surface area contributed by atoms with Gasteiger partial charge in [-0.2, -0.15) is 5.10 Å². The van der Waals surface area contributed by atoms with Crippen LogP contribution in [0.3, 0.4) is 0 Å². The molecule has 0 saturated carbocycles. The summed E-state index contributed by atoms with van der Waals surface area (Å²) in [5, 5.41) is 9.74. The van der Waals surface area contributed by atoms with E-state index < -0.39 is 5.92 Å². The van der Waals surface area contributed by atoms with E-state index in [4.69, 9.17) is 14.2 Å². The van der Waals surface area contributed by atoms with Crippen molar-refractivity contribution in [2.24, 2.45) is 5.92 Å². The molecule has 3 aromatic rings. The van der Waals surface area contributed by atoms with Gasteiger partial charge >= 0.3 is 0 Å². The number of hydrogen-bond donors (Lipinski definition) is 2. The van der Waals surface area contributed by atoms with Crippen molar-refractivity contribution in [2.75, 3.05) is 24.7 Å². The predicted octanol–water partition coefficient (Wildman–Crippen LogP) is 1.82. The molecule has 1 saturated heterocycles. The Morgan fingerprint density at radius 3 is 2.82 bits per heavy atom. The number of carbonyl (C=O) groups is 2. The maximum Gasteiger partial charge on any atom is 0.227 e. The first-order valence-corrected chi connectivity index (χ1v) is 10.7. The van der Waals surface area contributed by atoms with Crippen molar-refractivity contribution < 1.29 is 23.8 Å². The van der Waals surface area contributed by atoms with Crippen molar-refractivity contribution >= 4 is 17.5 Å². The van der Waals surface area contributed by atoms with Crippen LogP contribution in [-0.2, 0) is 22.7 Å². The van der Waals surface area contributed by atoms with Gasteiger partial charge in [0.25, 0.3) is 0 Å². The summed E-state index contributed by atoms with van der Waals surface area (Å²) in [7, 11) is 0. The third kappa shape index (κ3) is 4.74. The number of para-hydroxylation sites is 1. The van der Waals surface area contributed by atoms with E-state index in [1.165, 1.54) is 0 Å². The molecule has 33 heavy (non-hydrogen) atoms. The lowest BCUT2D eigenvalue weighted by Crippen LogP contribution is -2.33. The van der Waals surface area contributed by atoms with Gasteiger partial charge in [-0.05, 0) is 24.3 Å². The molecule has 1 fully saturated rings. The lowest BCUT2D eigenvalue weighted by atomic mass is 10.1. The lowest BCUT2D eigenvalue weighted by Gasteiger charge is -2.22. The smallest absolute Gasteiger partial charge is 0.227 e. The van der Waals surface area contributed by atoms with E-state index in [0.717, 1.165) is 5.75 Å². The van der Waals surface area contributed by atoms with Crippen LogP contribution in [0.2, 0.25) is 0 Å². The Balaban J connectivity index is 1.13. The minimum atomic E-state index is -0.453. The molecule has 0 aliphatic carbocycles. The molecule has 2 aromatic carbocycles. The second-order valence-electron chi connectivity index (χ2n) is 7.75. The molecule has 170 valence electrons. The first-order chi connectivity index (χ1) is 16.2. The summed E-state index contributed by atoms with van der Waals surface area (Å²) in [6, 6.07) is 14.8. The van der Waals surface area contributed by atoms with Gasteiger partial charge in [-0.3, -0.25) is 14.7 Å². The fraction of sp³-hybridized carbons (Fsp3) is 0.304. The van der Waals surface area contributed by atoms with Gasteiger partial charge in [0, 0.05) is 24.7 Å². The zero-order valence-corrected chi connectivity index (χ0v) is 17.8. The number of nitrogens with one attached hydrogen (secondary N) is 2. The Bertz CT molecular complexity index is 1150. The summed E-state index contributed by atoms with van der Waals surface area (Å²) in [5.41, 5.74) is 0.691. The van der Waals surface area contributed by atoms with E-state index in [1.54, 1.807) is 23.1 Å². The monoisotopic (exact) mass is 449 g/mol. The largest absolute Gasteiger partial charge is 0.486 e. The first-order valence-electron chi connectivity index (χ1n) is 10.7. The van der Waals surface area contributed by atoms with Gasteiger partial charge in [0.05, 0.1) is 12.5 Å². The fourth-order valence-corrected chi connectivity index (χ4v) is 3.79. The minimum absolute atomic E-state index is 0.106. The van der Waals surface area contributed by atoms with Crippen LogP contribution in [0.15, 0.2) is 48.5 Å². The van der Waals surface area contributed by atoms with Crippen molar-refractivity contribution in [3.63, 3.8) is 0 Å². The van der Waals surface area contributed by atoms with Crippen LogP contribution in [0.5, 0.6) is 17.2 Å². The Hall–Kier alpha value is -4.08. The Labute approximate surface area is 189 Å². The number of H-pyrrole nitrogens is 1. The van der Waals surface area contributed by atoms with Gasteiger partial charge in [-0.25, -0.2) is 4.98 Å². The zero-order valence-electron chi connectivity index (χ0n) is 17.8. The van der Waals surface area contributed by atoms with Crippen LogP contribution in [0, 0.1) is 5.92 Å². The third-order valence-electron chi connectivity index (χ3n) is 5.45. The summed E-state index contributed by atoms with van der Waals surface area (Å²) < 4.78 is 16.8. The van der Waals surface area contributed by atoms with Gasteiger partial charge in [-0.15, -0.1) is 0 Å². The van der Waals surface area contributed by atoms with Crippen LogP contribution >= 0.6 is 0 Å². The first kappa shape index (κ1) is 20.8. The lowest BCUT2D eigenvalue weighted by molar-refractivity contribution is -0.126. The molecule has 10 heteroatoms. The summed E-state index contributed by atoms with van der Waals surface area (Å²) in [4.78, 5) is 31.2. The molecule has 2 N–H and O–H groups in total. The molecule has 2 amide bonds. The van der Waals surface area contributed by atoms with E-state index in [1.807, 2.05) is 30.3 Å². The third-order valence-corrected chi connectivity index (χ3v) is 5.45. The molecule has 0 spiro atoms. The molecule has 5 rings (SSSR count). The summed E-state index contributed by atoms with van der Waals surface area (Å²) >= 11 is 0. The number of nitrogens with zero attached hydrogens (tertiary/aromatic N) is 3. The molecule has 1 aromatic heterocycles. The molecular weight excluding hydrogens is 426 g/mol. The summed E-state index contributed by atoms with van der Waals surface area (Å²) in [6.45, 7) is 1.68. The number of benzene rings is 2. The quantitative estimate of drug-likeness (QED) is 0.565. The Morgan fingerprint density at radius 1 is 1.15 bits per heavy atom. The number of aromatic amines is 1. The summed E-state index contributed by atoms with van der Waals surface area (Å²) in [6.07, 6.45) is 0.143. The molecule has 0 radical (unpaired) electrons. The van der Waals surface area contributed by atoms with E-state index in [2.05, 4.69) is 20.5 Å². The normalized spacial score (nSPS) is 17.2. The Morgan fingerprint density at radius 2 is 1.97 bits per heavy atom. The van der Waals surface area contributed by atoms with Gasteiger partial charge in [0.1, 0.15) is 25.6 Å². The fourth-order valence-electron chi connectivity index (χ4n) is 3.79. The number of carbonyl (C=O) groups excluding carboxylic acids is 2. The van der Waals surface area contributed by atoms with Crippen LogP contribution in [0.1, 0.15) is 18.1 Å². The van der Waals surface area contributed by atoms with E-state index in [-0.39, 0.29) is 31.4 Å². The maximum absolute atomic E-state index is 12.7. The molecule has 3 heterocycles. The standard InChI is InChI=1S/C23H23N5O5/c29-22-10-15(13-28(22)16-6-7-18-19(11-16)32-9-8-31-18)23(30)24-12-20-25-21(27-26-20)14-33-17-4-2-1-3-5-17/h1-7,11,15H,8-10,12-14H2,(H,24,30)(H,25,26,27). The average Bonchev–Trinajstić information content (AvgIpc) is 3.48. The molecule has 10 nitrogen and oxygen atoms in total. The number of rotatable bonds is 7. The molecule has 2 aliphatic heterocycles. The van der Waals surface area contributed by atoms with Crippen molar-refractivity contribution in [2.45, 2.75) is 19.6 Å². The van der Waals surface area contributed by atoms with Crippen LogP contribution in [0.25, 0.3) is 0 Å². The number of fused-ring (bicyclic) bond motifs is 1. The molecule has 1 unspecified atom stereocenters. The number of aromatic nitrogens is 3. The topological polar surface area (TPSA) is 119 Å². The number of anilines is 1. The SMILES string of the molecule is O=C(NCc1n[nH]c(COc2ccccc2)n1)C1CC(=O)N(c2ccc3c(c2)OCCO3)C1. The van der Waals surface area contributed by atoms with Crippen molar-refractivity contribution in [3.05, 3.63) is 60.2 Å². The van der Waals surface area contributed by atoms with Gasteiger partial charge < -0.3 is 24.4 Å². The highest BCUT2D eigenvalue weighted by atomic mass is 16.6. The highest BCUT2D eigenvalue weighted by molar-refractivity contribution is 6.00. The molecule has 1 atom stereocenters. The van der Waals surface area contributed by atoms with Crippen molar-refractivity contribution in [3.8, 4) is 17.2 Å². The summed E-state index contributed by atoms with van der Waals surface area (Å²) in [5.74, 6) is 2.23. The highest BCUT2D eigenvalue weighted by Crippen LogP contribution is 2.36. The van der Waals surface area contributed by atoms with Crippen molar-refractivity contribution in [1.82, 2.24) is 20.5 Å². The second-order valence-corrected chi connectivity index (χ2v) is 7.75. The maximum atomic E-state index is 12.7. The predicted molar refractivity (Wildman–Crippen MR) is 117 cm³/mol. The number of ether oxygens (including phenoxy) is 3. The van der Waals surface area contributed by atoms with E-state index in [9.17, 15) is 9.59 Å². The molecule has 2 aliphatic rings. The highest BCUT2D eigenvalue weighted by Gasteiger charge is 2.35. The zero-order chi connectivity index (χ0) is 22.6. The van der Waals surface area contributed by atoms with Crippen LogP contribution in [-0.4, -0.2) is 46.8 Å². The number of amides is 2. The van der Waals surface area contributed by atoms with E-state index >= 15 is 0 Å².